The first-order valence-corrected chi connectivity index (χ1v) is 8.82. The molecule has 0 bridgehead atoms. The van der Waals surface area contributed by atoms with Crippen molar-refractivity contribution in [2.24, 2.45) is 5.92 Å². The van der Waals surface area contributed by atoms with Gasteiger partial charge in [-0.15, -0.1) is 24.8 Å². The summed E-state index contributed by atoms with van der Waals surface area (Å²) in [4.78, 5) is 16.9. The second-order valence-corrected chi connectivity index (χ2v) is 7.61. The van der Waals surface area contributed by atoms with Crippen LogP contribution in [-0.4, -0.2) is 54.0 Å². The molecule has 0 atom stereocenters. The van der Waals surface area contributed by atoms with E-state index in [1.165, 1.54) is 18.4 Å². The molecule has 0 radical (unpaired) electrons. The van der Waals surface area contributed by atoms with Gasteiger partial charge < -0.3 is 10.2 Å². The highest BCUT2D eigenvalue weighted by molar-refractivity contribution is 5.85. The Morgan fingerprint density at radius 1 is 1.16 bits per heavy atom. The highest BCUT2D eigenvalue weighted by Gasteiger charge is 2.35. The number of benzene rings is 1. The maximum atomic E-state index is 12.4. The van der Waals surface area contributed by atoms with Gasteiger partial charge in [-0.3, -0.25) is 9.69 Å². The number of hydrogen-bond donors (Lipinski definition) is 1. The fourth-order valence-corrected chi connectivity index (χ4v) is 3.32. The summed E-state index contributed by atoms with van der Waals surface area (Å²) in [6, 6.07) is 10.6. The first kappa shape index (κ1) is 22.2. The minimum absolute atomic E-state index is 0. The third-order valence-electron chi connectivity index (χ3n) is 5.05. The van der Waals surface area contributed by atoms with E-state index in [9.17, 15) is 4.79 Å². The predicted octanol–water partition coefficient (Wildman–Crippen LogP) is 2.95. The van der Waals surface area contributed by atoms with E-state index in [1.54, 1.807) is 0 Å². The third kappa shape index (κ3) is 6.45. The van der Waals surface area contributed by atoms with Crippen LogP contribution in [0.1, 0.15) is 32.3 Å². The molecule has 1 amide bonds. The Kier molecular flexibility index (Phi) is 8.69. The molecule has 0 spiro atoms. The molecule has 25 heavy (non-hydrogen) atoms. The summed E-state index contributed by atoms with van der Waals surface area (Å²) >= 11 is 0. The second-order valence-electron chi connectivity index (χ2n) is 7.61. The minimum atomic E-state index is 0. The van der Waals surface area contributed by atoms with Crippen LogP contribution in [0.15, 0.2) is 30.3 Å². The van der Waals surface area contributed by atoms with Crippen molar-refractivity contribution in [2.75, 3.05) is 32.7 Å². The molecule has 0 aromatic heterocycles. The van der Waals surface area contributed by atoms with Crippen LogP contribution in [0.25, 0.3) is 0 Å². The van der Waals surface area contributed by atoms with E-state index in [1.807, 2.05) is 4.90 Å². The van der Waals surface area contributed by atoms with Crippen molar-refractivity contribution in [3.63, 3.8) is 0 Å². The van der Waals surface area contributed by atoms with Gasteiger partial charge in [0.15, 0.2) is 0 Å². The Hall–Kier alpha value is -0.810. The van der Waals surface area contributed by atoms with E-state index in [2.05, 4.69) is 54.4 Å². The van der Waals surface area contributed by atoms with E-state index >= 15 is 0 Å². The fourth-order valence-electron chi connectivity index (χ4n) is 3.32. The zero-order valence-corrected chi connectivity index (χ0v) is 16.9. The van der Waals surface area contributed by atoms with Gasteiger partial charge in [0.25, 0.3) is 0 Å². The van der Waals surface area contributed by atoms with Crippen LogP contribution in [0.2, 0.25) is 0 Å². The predicted molar refractivity (Wildman–Crippen MR) is 108 cm³/mol. The quantitative estimate of drug-likeness (QED) is 0.814. The largest absolute Gasteiger partial charge is 0.338 e. The van der Waals surface area contributed by atoms with E-state index in [-0.39, 0.29) is 36.3 Å². The molecule has 1 aromatic rings. The van der Waals surface area contributed by atoms with Gasteiger partial charge in [0.1, 0.15) is 0 Å². The zero-order chi connectivity index (χ0) is 16.3. The van der Waals surface area contributed by atoms with Crippen LogP contribution < -0.4 is 5.32 Å². The maximum Gasteiger partial charge on any atom is 0.236 e. The Labute approximate surface area is 164 Å². The molecule has 4 nitrogen and oxygen atoms in total. The van der Waals surface area contributed by atoms with E-state index in [0.717, 1.165) is 38.6 Å². The minimum Gasteiger partial charge on any atom is -0.338 e. The Morgan fingerprint density at radius 2 is 1.84 bits per heavy atom. The monoisotopic (exact) mass is 387 g/mol. The molecular weight excluding hydrogens is 357 g/mol. The number of rotatable bonds is 6. The van der Waals surface area contributed by atoms with E-state index in [4.69, 9.17) is 0 Å². The Balaban J connectivity index is 0.00000156. The Morgan fingerprint density at radius 3 is 2.44 bits per heavy atom. The summed E-state index contributed by atoms with van der Waals surface area (Å²) in [5, 5.41) is 3.32. The summed E-state index contributed by atoms with van der Waals surface area (Å²) in [6.45, 7) is 9.52. The number of nitrogens with zero attached hydrogens (tertiary/aromatic N) is 2. The highest BCUT2D eigenvalue weighted by atomic mass is 35.5. The highest BCUT2D eigenvalue weighted by Crippen LogP contribution is 2.27. The fraction of sp³-hybridized carbons (Fsp3) is 0.632. The van der Waals surface area contributed by atoms with Crippen molar-refractivity contribution < 1.29 is 4.79 Å². The molecule has 0 unspecified atom stereocenters. The van der Waals surface area contributed by atoms with Crippen LogP contribution in [0, 0.1) is 5.92 Å². The molecule has 6 heteroatoms. The maximum absolute atomic E-state index is 12.4. The number of nitrogens with one attached hydrogen (secondary N) is 1. The zero-order valence-electron chi connectivity index (χ0n) is 15.2. The molecule has 142 valence electrons. The standard InChI is InChI=1S/C19H29N3O.2ClH/c1-19(2)15-21(18(23)13-20-12-16-8-9-16)10-11-22(19)14-17-6-4-3-5-7-17;;/h3-7,16,20H,8-15H2,1-2H3;2*1H. The molecule has 2 aliphatic rings. The smallest absolute Gasteiger partial charge is 0.236 e. The normalized spacial score (nSPS) is 19.7. The first-order chi connectivity index (χ1) is 11.0. The van der Waals surface area contributed by atoms with Crippen LogP contribution in [0.5, 0.6) is 0 Å². The van der Waals surface area contributed by atoms with Gasteiger partial charge in [-0.2, -0.15) is 0 Å². The molecular formula is C19H31Cl2N3O. The summed E-state index contributed by atoms with van der Waals surface area (Å²) in [6.07, 6.45) is 2.65. The number of carbonyl (C=O) groups is 1. The van der Waals surface area contributed by atoms with Crippen LogP contribution >= 0.6 is 24.8 Å². The average molecular weight is 388 g/mol. The van der Waals surface area contributed by atoms with Crippen LogP contribution in [-0.2, 0) is 11.3 Å². The Bertz CT molecular complexity index is 535. The topological polar surface area (TPSA) is 35.6 Å². The third-order valence-corrected chi connectivity index (χ3v) is 5.05. The van der Waals surface area contributed by atoms with Gasteiger partial charge in [0.2, 0.25) is 5.91 Å². The van der Waals surface area contributed by atoms with E-state index in [0.29, 0.717) is 6.54 Å². The summed E-state index contributed by atoms with van der Waals surface area (Å²) in [5.74, 6) is 1.07. The SMILES string of the molecule is CC1(C)CN(C(=O)CNCC2CC2)CCN1Cc1ccccc1.Cl.Cl. The number of piperazine rings is 1. The van der Waals surface area contributed by atoms with Gasteiger partial charge in [-0.25, -0.2) is 0 Å². The number of carbonyl (C=O) groups excluding carboxylic acids is 1. The van der Waals surface area contributed by atoms with Gasteiger partial charge >= 0.3 is 0 Å². The lowest BCUT2D eigenvalue weighted by molar-refractivity contribution is -0.135. The number of hydrogen-bond acceptors (Lipinski definition) is 3. The number of amides is 1. The van der Waals surface area contributed by atoms with Gasteiger partial charge in [0, 0.05) is 31.7 Å². The van der Waals surface area contributed by atoms with Crippen molar-refractivity contribution >= 4 is 30.7 Å². The molecule has 1 aliphatic heterocycles. The molecule has 1 saturated heterocycles. The lowest BCUT2D eigenvalue weighted by atomic mass is 9.97. The first-order valence-electron chi connectivity index (χ1n) is 8.82. The molecule has 1 aliphatic carbocycles. The van der Waals surface area contributed by atoms with Gasteiger partial charge in [-0.05, 0) is 44.7 Å². The van der Waals surface area contributed by atoms with Crippen molar-refractivity contribution in [3.8, 4) is 0 Å². The summed E-state index contributed by atoms with van der Waals surface area (Å²) in [5.41, 5.74) is 1.35. The summed E-state index contributed by atoms with van der Waals surface area (Å²) in [7, 11) is 0. The van der Waals surface area contributed by atoms with Gasteiger partial charge in [-0.1, -0.05) is 30.3 Å². The molecule has 1 saturated carbocycles. The lowest BCUT2D eigenvalue weighted by Crippen LogP contribution is -2.60. The summed E-state index contributed by atoms with van der Waals surface area (Å²) < 4.78 is 0. The van der Waals surface area contributed by atoms with Crippen molar-refractivity contribution in [2.45, 2.75) is 38.8 Å². The molecule has 3 rings (SSSR count). The number of halogens is 2. The second kappa shape index (κ2) is 9.77. The molecule has 1 N–H and O–H groups in total. The van der Waals surface area contributed by atoms with Crippen molar-refractivity contribution in [1.29, 1.82) is 0 Å². The molecule has 2 fully saturated rings. The van der Waals surface area contributed by atoms with Crippen molar-refractivity contribution in [3.05, 3.63) is 35.9 Å². The van der Waals surface area contributed by atoms with Crippen molar-refractivity contribution in [1.82, 2.24) is 15.1 Å². The molecule has 1 aromatic carbocycles. The average Bonchev–Trinajstić information content (AvgIpc) is 3.34. The van der Waals surface area contributed by atoms with Crippen LogP contribution in [0.3, 0.4) is 0 Å². The van der Waals surface area contributed by atoms with E-state index < -0.39 is 0 Å². The molecule has 1 heterocycles. The van der Waals surface area contributed by atoms with Gasteiger partial charge in [0.05, 0.1) is 6.54 Å². The van der Waals surface area contributed by atoms with Crippen LogP contribution in [0.4, 0.5) is 0 Å². The lowest BCUT2D eigenvalue weighted by Gasteiger charge is -2.47.